The maximum absolute atomic E-state index is 12.4. The molecule has 1 amide bonds. The molecule has 0 fully saturated rings. The van der Waals surface area contributed by atoms with E-state index in [-0.39, 0.29) is 5.91 Å². The van der Waals surface area contributed by atoms with Crippen molar-refractivity contribution in [2.45, 2.75) is 26.8 Å². The maximum atomic E-state index is 12.4. The summed E-state index contributed by atoms with van der Waals surface area (Å²) in [6, 6.07) is 7.72. The summed E-state index contributed by atoms with van der Waals surface area (Å²) in [7, 11) is 0. The zero-order chi connectivity index (χ0) is 16.2. The van der Waals surface area contributed by atoms with E-state index in [0.29, 0.717) is 11.4 Å². The van der Waals surface area contributed by atoms with Crippen LogP contribution in [0.25, 0.3) is 0 Å². The number of rotatable bonds is 5. The highest BCUT2D eigenvalue weighted by molar-refractivity contribution is 7.13. The van der Waals surface area contributed by atoms with E-state index in [1.807, 2.05) is 38.1 Å². The number of hydrogen-bond acceptors (Lipinski definition) is 5. The molecule has 0 radical (unpaired) electrons. The highest BCUT2D eigenvalue weighted by atomic mass is 32.1. The third-order valence-electron chi connectivity index (χ3n) is 3.37. The Labute approximate surface area is 138 Å². The van der Waals surface area contributed by atoms with Gasteiger partial charge in [0, 0.05) is 5.69 Å². The first-order valence-corrected chi connectivity index (χ1v) is 8.16. The van der Waals surface area contributed by atoms with Gasteiger partial charge in [-0.2, -0.15) is 5.10 Å². The molecule has 0 bridgehead atoms. The molecule has 6 nitrogen and oxygen atoms in total. The number of anilines is 1. The van der Waals surface area contributed by atoms with Crippen molar-refractivity contribution >= 4 is 22.9 Å². The van der Waals surface area contributed by atoms with E-state index in [1.165, 1.54) is 17.7 Å². The summed E-state index contributed by atoms with van der Waals surface area (Å²) in [4.78, 5) is 21.4. The molecule has 23 heavy (non-hydrogen) atoms. The zero-order valence-corrected chi connectivity index (χ0v) is 13.8. The van der Waals surface area contributed by atoms with Gasteiger partial charge in [0.25, 0.3) is 5.91 Å². The Kier molecular flexibility index (Phi) is 4.47. The lowest BCUT2D eigenvalue weighted by molar-refractivity contribution is 0.102. The molecule has 3 aromatic rings. The second-order valence-corrected chi connectivity index (χ2v) is 6.31. The van der Waals surface area contributed by atoms with Crippen LogP contribution in [0.3, 0.4) is 0 Å². The molecule has 0 unspecified atom stereocenters. The van der Waals surface area contributed by atoms with Crippen LogP contribution in [0.5, 0.6) is 0 Å². The van der Waals surface area contributed by atoms with E-state index in [4.69, 9.17) is 0 Å². The Morgan fingerprint density at radius 2 is 2.09 bits per heavy atom. The number of benzene rings is 1. The molecule has 0 saturated heterocycles. The number of amides is 1. The Hall–Kier alpha value is -2.54. The number of thiazole rings is 1. The molecule has 118 valence electrons. The van der Waals surface area contributed by atoms with Gasteiger partial charge in [0.2, 0.25) is 0 Å². The van der Waals surface area contributed by atoms with Crippen LogP contribution >= 0.6 is 11.3 Å². The molecule has 7 heteroatoms. The van der Waals surface area contributed by atoms with E-state index in [9.17, 15) is 4.79 Å². The molecule has 0 atom stereocenters. The van der Waals surface area contributed by atoms with Crippen molar-refractivity contribution in [1.82, 2.24) is 19.7 Å². The number of aromatic nitrogens is 4. The normalized spacial score (nSPS) is 10.7. The topological polar surface area (TPSA) is 72.7 Å². The Morgan fingerprint density at radius 1 is 1.30 bits per heavy atom. The van der Waals surface area contributed by atoms with E-state index >= 15 is 0 Å². The van der Waals surface area contributed by atoms with Gasteiger partial charge in [-0.1, -0.05) is 19.1 Å². The summed E-state index contributed by atoms with van der Waals surface area (Å²) in [6.45, 7) is 4.58. The van der Waals surface area contributed by atoms with E-state index in [1.54, 1.807) is 11.0 Å². The third-order valence-corrected chi connectivity index (χ3v) is 4.38. The second-order valence-electron chi connectivity index (χ2n) is 5.11. The molecule has 3 rings (SSSR count). The van der Waals surface area contributed by atoms with E-state index in [0.717, 1.165) is 28.4 Å². The first-order valence-electron chi connectivity index (χ1n) is 7.34. The quantitative estimate of drug-likeness (QED) is 0.782. The number of aryl methyl sites for hydroxylation is 2. The summed E-state index contributed by atoms with van der Waals surface area (Å²) in [5, 5.41) is 7.91. The molecular formula is C16H17N5OS. The van der Waals surface area contributed by atoms with Gasteiger partial charge in [0.1, 0.15) is 17.5 Å². The highest BCUT2D eigenvalue weighted by Crippen LogP contribution is 2.20. The lowest BCUT2D eigenvalue weighted by Crippen LogP contribution is -2.12. The van der Waals surface area contributed by atoms with Crippen molar-refractivity contribution in [1.29, 1.82) is 0 Å². The standard InChI is InChI=1S/C16H17N5OS/c1-3-14-15(23-11(2)19-14)16(22)20-13-6-4-12(5-7-13)8-21-10-17-9-18-21/h4-7,9-10H,3,8H2,1-2H3,(H,20,22). The number of hydrogen-bond donors (Lipinski definition) is 1. The van der Waals surface area contributed by atoms with Gasteiger partial charge in [-0.15, -0.1) is 11.3 Å². The molecule has 0 aliphatic carbocycles. The molecule has 0 aliphatic heterocycles. The minimum atomic E-state index is -0.100. The van der Waals surface area contributed by atoms with Gasteiger partial charge in [-0.05, 0) is 31.0 Å². The van der Waals surface area contributed by atoms with Crippen molar-refractivity contribution < 1.29 is 4.79 Å². The van der Waals surface area contributed by atoms with E-state index < -0.39 is 0 Å². The Balaban J connectivity index is 1.69. The van der Waals surface area contributed by atoms with Crippen LogP contribution < -0.4 is 5.32 Å². The monoisotopic (exact) mass is 327 g/mol. The highest BCUT2D eigenvalue weighted by Gasteiger charge is 2.15. The second kappa shape index (κ2) is 6.70. The third kappa shape index (κ3) is 3.62. The fraction of sp³-hybridized carbons (Fsp3) is 0.250. The molecule has 2 aromatic heterocycles. The van der Waals surface area contributed by atoms with E-state index in [2.05, 4.69) is 20.4 Å². The van der Waals surface area contributed by atoms with Crippen LogP contribution in [0.2, 0.25) is 0 Å². The van der Waals surface area contributed by atoms with Gasteiger partial charge in [0.15, 0.2) is 0 Å². The number of carbonyl (C=O) groups is 1. The summed E-state index contributed by atoms with van der Waals surface area (Å²) >= 11 is 1.43. The van der Waals surface area contributed by atoms with Crippen LogP contribution in [-0.2, 0) is 13.0 Å². The lowest BCUT2D eigenvalue weighted by Gasteiger charge is -2.06. The first-order chi connectivity index (χ1) is 11.2. The van der Waals surface area contributed by atoms with Crippen molar-refractivity contribution in [3.8, 4) is 0 Å². The minimum Gasteiger partial charge on any atom is -0.321 e. The van der Waals surface area contributed by atoms with Crippen molar-refractivity contribution in [3.05, 3.63) is 58.1 Å². The number of nitrogens with zero attached hydrogens (tertiary/aromatic N) is 4. The van der Waals surface area contributed by atoms with Crippen LogP contribution in [-0.4, -0.2) is 25.7 Å². The van der Waals surface area contributed by atoms with Crippen LogP contribution in [0.15, 0.2) is 36.9 Å². The van der Waals surface area contributed by atoms with Crippen molar-refractivity contribution in [2.24, 2.45) is 0 Å². The zero-order valence-electron chi connectivity index (χ0n) is 13.0. The van der Waals surface area contributed by atoms with Crippen molar-refractivity contribution in [3.63, 3.8) is 0 Å². The molecule has 0 spiro atoms. The molecule has 2 heterocycles. The average molecular weight is 327 g/mol. The fourth-order valence-electron chi connectivity index (χ4n) is 2.27. The molecule has 0 saturated carbocycles. The Bertz CT molecular complexity index is 793. The largest absolute Gasteiger partial charge is 0.321 e. The van der Waals surface area contributed by atoms with Gasteiger partial charge >= 0.3 is 0 Å². The predicted octanol–water partition coefficient (Wildman–Crippen LogP) is 2.91. The molecular weight excluding hydrogens is 310 g/mol. The van der Waals surface area contributed by atoms with Gasteiger partial charge in [0.05, 0.1) is 17.2 Å². The predicted molar refractivity (Wildman–Crippen MR) is 89.7 cm³/mol. The number of nitrogens with one attached hydrogen (secondary N) is 1. The summed E-state index contributed by atoms with van der Waals surface area (Å²) in [5.41, 5.74) is 2.72. The maximum Gasteiger partial charge on any atom is 0.267 e. The first kappa shape index (κ1) is 15.4. The Morgan fingerprint density at radius 3 is 2.74 bits per heavy atom. The van der Waals surface area contributed by atoms with Gasteiger partial charge < -0.3 is 5.32 Å². The lowest BCUT2D eigenvalue weighted by atomic mass is 10.2. The minimum absolute atomic E-state index is 0.100. The summed E-state index contributed by atoms with van der Waals surface area (Å²) < 4.78 is 1.75. The van der Waals surface area contributed by atoms with Crippen LogP contribution in [0.4, 0.5) is 5.69 Å². The van der Waals surface area contributed by atoms with Gasteiger partial charge in [-0.25, -0.2) is 14.6 Å². The molecule has 1 N–H and O–H groups in total. The number of carbonyl (C=O) groups excluding carboxylic acids is 1. The molecule has 1 aromatic carbocycles. The van der Waals surface area contributed by atoms with Gasteiger partial charge in [-0.3, -0.25) is 4.79 Å². The van der Waals surface area contributed by atoms with Crippen molar-refractivity contribution in [2.75, 3.05) is 5.32 Å². The fourth-order valence-corrected chi connectivity index (χ4v) is 3.17. The smallest absolute Gasteiger partial charge is 0.267 e. The molecule has 0 aliphatic rings. The summed E-state index contributed by atoms with van der Waals surface area (Å²) in [6.07, 6.45) is 3.94. The summed E-state index contributed by atoms with van der Waals surface area (Å²) in [5.74, 6) is -0.100. The SMILES string of the molecule is CCc1nc(C)sc1C(=O)Nc1ccc(Cn2cncn2)cc1. The average Bonchev–Trinajstić information content (AvgIpc) is 3.18. The van der Waals surface area contributed by atoms with Crippen LogP contribution in [0, 0.1) is 6.92 Å². The van der Waals surface area contributed by atoms with Crippen LogP contribution in [0.1, 0.15) is 32.9 Å².